The van der Waals surface area contributed by atoms with Gasteiger partial charge in [-0.3, -0.25) is 0 Å². The van der Waals surface area contributed by atoms with E-state index in [4.69, 9.17) is 0 Å². The van der Waals surface area contributed by atoms with E-state index in [0.717, 1.165) is 23.0 Å². The van der Waals surface area contributed by atoms with Crippen LogP contribution in [0.15, 0.2) is 30.3 Å². The van der Waals surface area contributed by atoms with Crippen molar-refractivity contribution in [1.82, 2.24) is 0 Å². The van der Waals surface area contributed by atoms with Crippen LogP contribution < -0.4 is 4.46 Å². The van der Waals surface area contributed by atoms with Crippen molar-refractivity contribution in [2.24, 2.45) is 0 Å². The topological polar surface area (TPSA) is 17.1 Å². The monoisotopic (exact) mass is 274 g/mol. The van der Waals surface area contributed by atoms with Crippen LogP contribution in [0, 0.1) is 0 Å². The molecule has 14 heavy (non-hydrogen) atoms. The van der Waals surface area contributed by atoms with Crippen LogP contribution in [0.25, 0.3) is 0 Å². The molecule has 0 aliphatic heterocycles. The van der Waals surface area contributed by atoms with Gasteiger partial charge in [0, 0.05) is 0 Å². The SMILES string of the molecule is CCCCC(=S=O)[Se]c1ccccc1. The first-order valence-electron chi connectivity index (χ1n) is 4.75. The summed E-state index contributed by atoms with van der Waals surface area (Å²) in [5.74, 6) is 0. The summed E-state index contributed by atoms with van der Waals surface area (Å²) in [5, 5.41) is 0. The van der Waals surface area contributed by atoms with E-state index in [-0.39, 0.29) is 15.0 Å². The second-order valence-electron chi connectivity index (χ2n) is 2.97. The van der Waals surface area contributed by atoms with Crippen LogP contribution in [-0.2, 0) is 11.3 Å². The number of hydrogen-bond donors (Lipinski definition) is 0. The second-order valence-corrected chi connectivity index (χ2v) is 6.67. The molecule has 0 saturated heterocycles. The van der Waals surface area contributed by atoms with Crippen molar-refractivity contribution in [1.29, 1.82) is 0 Å². The van der Waals surface area contributed by atoms with E-state index >= 15 is 0 Å². The van der Waals surface area contributed by atoms with Crippen LogP contribution in [0.1, 0.15) is 26.2 Å². The van der Waals surface area contributed by atoms with E-state index < -0.39 is 0 Å². The minimum atomic E-state index is 0.253. The Kier molecular flexibility index (Phi) is 5.84. The Morgan fingerprint density at radius 1 is 1.36 bits per heavy atom. The number of rotatable bonds is 5. The molecule has 0 aromatic heterocycles. The van der Waals surface area contributed by atoms with Gasteiger partial charge in [-0.05, 0) is 0 Å². The molecule has 0 fully saturated rings. The third-order valence-corrected chi connectivity index (χ3v) is 5.03. The Balaban J connectivity index is 2.54. The van der Waals surface area contributed by atoms with Gasteiger partial charge >= 0.3 is 95.2 Å². The number of benzene rings is 1. The molecule has 0 saturated carbocycles. The molecule has 0 heterocycles. The molecule has 1 aromatic rings. The Morgan fingerprint density at radius 3 is 2.64 bits per heavy atom. The molecular weight excluding hydrogens is 259 g/mol. The van der Waals surface area contributed by atoms with Crippen molar-refractivity contribution in [3.8, 4) is 0 Å². The van der Waals surface area contributed by atoms with Crippen LogP contribution in [-0.4, -0.2) is 22.9 Å². The molecule has 0 spiro atoms. The van der Waals surface area contributed by atoms with Crippen molar-refractivity contribution < 1.29 is 4.21 Å². The average molecular weight is 273 g/mol. The Hall–Kier alpha value is -0.371. The standard InChI is InChI=1S/C11H14OSSe/c1-2-3-9-11(13-12)14-10-7-5-4-6-8-10/h4-8H,2-3,9H2,1H3. The van der Waals surface area contributed by atoms with Crippen LogP contribution >= 0.6 is 0 Å². The van der Waals surface area contributed by atoms with Gasteiger partial charge in [-0.25, -0.2) is 0 Å². The molecule has 0 bridgehead atoms. The fraction of sp³-hybridized carbons (Fsp3) is 0.364. The zero-order valence-corrected chi connectivity index (χ0v) is 10.8. The molecule has 0 amide bonds. The fourth-order valence-corrected chi connectivity index (χ4v) is 3.71. The van der Waals surface area contributed by atoms with Crippen molar-refractivity contribution in [3.63, 3.8) is 0 Å². The minimum absolute atomic E-state index is 0.253. The van der Waals surface area contributed by atoms with E-state index in [2.05, 4.69) is 19.1 Å². The van der Waals surface area contributed by atoms with Gasteiger partial charge in [0.2, 0.25) is 0 Å². The summed E-state index contributed by atoms with van der Waals surface area (Å²) >= 11 is 0.952. The normalized spacial score (nSPS) is 9.79. The van der Waals surface area contributed by atoms with Gasteiger partial charge in [-0.1, -0.05) is 0 Å². The molecule has 76 valence electrons. The number of unbranched alkanes of at least 4 members (excludes halogenated alkanes) is 1. The zero-order valence-electron chi connectivity index (χ0n) is 8.23. The van der Waals surface area contributed by atoms with Gasteiger partial charge in [0.15, 0.2) is 0 Å². The summed E-state index contributed by atoms with van der Waals surface area (Å²) in [7, 11) is 0. The van der Waals surface area contributed by atoms with Crippen molar-refractivity contribution in [3.05, 3.63) is 30.3 Å². The Labute approximate surface area is 95.1 Å². The van der Waals surface area contributed by atoms with Gasteiger partial charge in [0.05, 0.1) is 0 Å². The summed E-state index contributed by atoms with van der Waals surface area (Å²) in [6.07, 6.45) is 3.29. The van der Waals surface area contributed by atoms with E-state index in [0.29, 0.717) is 11.3 Å². The second kappa shape index (κ2) is 6.99. The Morgan fingerprint density at radius 2 is 2.07 bits per heavy atom. The molecular formula is C11H14OSSe. The van der Waals surface area contributed by atoms with E-state index in [1.165, 1.54) is 4.46 Å². The first kappa shape index (κ1) is 11.7. The average Bonchev–Trinajstić information content (AvgIpc) is 2.25. The molecule has 0 unspecified atom stereocenters. The van der Waals surface area contributed by atoms with E-state index in [1.807, 2.05) is 18.2 Å². The molecule has 1 rings (SSSR count). The molecule has 0 aliphatic rings. The number of hydrogen-bond acceptors (Lipinski definition) is 1. The van der Waals surface area contributed by atoms with Crippen LogP contribution in [0.3, 0.4) is 0 Å². The predicted octanol–water partition coefficient (Wildman–Crippen LogP) is 1.55. The summed E-state index contributed by atoms with van der Waals surface area (Å²) in [6, 6.07) is 10.3. The van der Waals surface area contributed by atoms with E-state index in [1.54, 1.807) is 0 Å². The van der Waals surface area contributed by atoms with Crippen molar-refractivity contribution in [2.75, 3.05) is 0 Å². The third-order valence-electron chi connectivity index (χ3n) is 1.80. The summed E-state index contributed by atoms with van der Waals surface area (Å²) in [4.78, 5) is 0. The molecule has 0 aliphatic carbocycles. The zero-order chi connectivity index (χ0) is 10.2. The van der Waals surface area contributed by atoms with E-state index in [9.17, 15) is 4.21 Å². The quantitative estimate of drug-likeness (QED) is 0.587. The first-order valence-corrected chi connectivity index (χ1v) is 7.21. The molecule has 1 nitrogen and oxygen atoms in total. The van der Waals surface area contributed by atoms with Gasteiger partial charge < -0.3 is 0 Å². The predicted molar refractivity (Wildman–Crippen MR) is 64.5 cm³/mol. The molecule has 1 aromatic carbocycles. The molecule has 0 radical (unpaired) electrons. The van der Waals surface area contributed by atoms with Gasteiger partial charge in [-0.15, -0.1) is 0 Å². The maximum absolute atomic E-state index is 10.8. The summed E-state index contributed by atoms with van der Waals surface area (Å²) in [5.41, 5.74) is 0. The Bertz CT molecular complexity index is 317. The third kappa shape index (κ3) is 4.23. The molecule has 3 heteroatoms. The van der Waals surface area contributed by atoms with Crippen molar-refractivity contribution >= 4 is 34.4 Å². The fourth-order valence-electron chi connectivity index (χ4n) is 1.05. The van der Waals surface area contributed by atoms with Gasteiger partial charge in [0.1, 0.15) is 0 Å². The van der Waals surface area contributed by atoms with Gasteiger partial charge in [0.25, 0.3) is 0 Å². The van der Waals surface area contributed by atoms with Crippen LogP contribution in [0.2, 0.25) is 0 Å². The summed E-state index contributed by atoms with van der Waals surface area (Å²) in [6.45, 7) is 2.16. The van der Waals surface area contributed by atoms with Crippen LogP contribution in [0.4, 0.5) is 0 Å². The maximum atomic E-state index is 10.8. The van der Waals surface area contributed by atoms with Crippen molar-refractivity contribution in [2.45, 2.75) is 26.2 Å². The summed E-state index contributed by atoms with van der Waals surface area (Å²) < 4.78 is 13.3. The van der Waals surface area contributed by atoms with Gasteiger partial charge in [-0.2, -0.15) is 0 Å². The molecule has 0 atom stereocenters. The molecule has 0 N–H and O–H groups in total. The van der Waals surface area contributed by atoms with Crippen LogP contribution in [0.5, 0.6) is 0 Å². The first-order chi connectivity index (χ1) is 6.86.